The molecule has 2 atom stereocenters. The van der Waals surface area contributed by atoms with Gasteiger partial charge in [0.1, 0.15) is 5.15 Å². The number of halogens is 2. The summed E-state index contributed by atoms with van der Waals surface area (Å²) in [5.74, 6) is 0.718. The van der Waals surface area contributed by atoms with E-state index in [0.717, 1.165) is 17.5 Å². The van der Waals surface area contributed by atoms with E-state index < -0.39 is 0 Å². The highest BCUT2D eigenvalue weighted by Gasteiger charge is 2.27. The lowest BCUT2D eigenvalue weighted by atomic mass is 10.0. The maximum atomic E-state index is 13.6. The highest BCUT2D eigenvalue weighted by molar-refractivity contribution is 7.97. The molecule has 1 aromatic carbocycles. The molecule has 1 aliphatic rings. The monoisotopic (exact) mass is 613 g/mol. The van der Waals surface area contributed by atoms with Gasteiger partial charge in [-0.25, -0.2) is 19.9 Å². The number of anilines is 3. The second-order valence-corrected chi connectivity index (χ2v) is 11.3. The molecule has 1 fully saturated rings. The third-order valence-corrected chi connectivity index (χ3v) is 7.66. The summed E-state index contributed by atoms with van der Waals surface area (Å²) in [5.41, 5.74) is 2.92. The van der Waals surface area contributed by atoms with Gasteiger partial charge in [0.15, 0.2) is 5.69 Å². The van der Waals surface area contributed by atoms with Crippen LogP contribution in [-0.4, -0.2) is 55.8 Å². The van der Waals surface area contributed by atoms with Gasteiger partial charge < -0.3 is 15.5 Å². The number of hydrogen-bond acceptors (Lipinski definition) is 10. The predicted molar refractivity (Wildman–Crippen MR) is 165 cm³/mol. The molecule has 3 aromatic heterocycles. The number of hydrogen-bond donors (Lipinski definition) is 3. The molecule has 1 aliphatic heterocycles. The number of aryl methyl sites for hydroxylation is 1. The normalized spacial score (nSPS) is 15.7. The molecule has 2 unspecified atom stereocenters. The van der Waals surface area contributed by atoms with E-state index in [2.05, 4.69) is 35.2 Å². The van der Waals surface area contributed by atoms with Crippen LogP contribution in [0.5, 0.6) is 0 Å². The van der Waals surface area contributed by atoms with Crippen LogP contribution in [0.25, 0.3) is 10.9 Å². The van der Waals surface area contributed by atoms with Gasteiger partial charge in [-0.15, -0.1) is 0 Å². The van der Waals surface area contributed by atoms with E-state index in [-0.39, 0.29) is 34.4 Å². The number of amides is 1. The average molecular weight is 615 g/mol. The third-order valence-electron chi connectivity index (χ3n) is 6.86. The van der Waals surface area contributed by atoms with Gasteiger partial charge in [0.05, 0.1) is 40.0 Å². The van der Waals surface area contributed by atoms with Crippen molar-refractivity contribution in [2.45, 2.75) is 32.4 Å². The van der Waals surface area contributed by atoms with Crippen molar-refractivity contribution in [1.29, 1.82) is 0 Å². The third kappa shape index (κ3) is 6.19. The van der Waals surface area contributed by atoms with Gasteiger partial charge in [0.2, 0.25) is 11.9 Å². The Morgan fingerprint density at radius 1 is 1.17 bits per heavy atom. The molecule has 4 heterocycles. The minimum Gasteiger partial charge on any atom is -0.377 e. The van der Waals surface area contributed by atoms with Crippen LogP contribution in [0.1, 0.15) is 41.0 Å². The van der Waals surface area contributed by atoms with Gasteiger partial charge in [0, 0.05) is 38.0 Å². The van der Waals surface area contributed by atoms with Crippen molar-refractivity contribution in [3.05, 3.63) is 74.0 Å². The summed E-state index contributed by atoms with van der Waals surface area (Å²) in [6, 6.07) is 6.97. The Morgan fingerprint density at radius 3 is 2.66 bits per heavy atom. The summed E-state index contributed by atoms with van der Waals surface area (Å²) >= 11 is 13.2. The summed E-state index contributed by atoms with van der Waals surface area (Å²) in [6.07, 6.45) is 5.68. The van der Waals surface area contributed by atoms with Gasteiger partial charge in [-0.1, -0.05) is 41.2 Å². The average Bonchev–Trinajstić information content (AvgIpc) is 3.41. The highest BCUT2D eigenvalue weighted by Crippen LogP contribution is 2.30. The van der Waals surface area contributed by atoms with Crippen molar-refractivity contribution < 1.29 is 4.79 Å². The second kappa shape index (κ2) is 12.1. The zero-order valence-electron chi connectivity index (χ0n) is 22.9. The van der Waals surface area contributed by atoms with E-state index in [1.165, 1.54) is 11.9 Å². The molecule has 1 amide bonds. The topological polar surface area (TPSA) is 130 Å². The number of aromatic nitrogens is 5. The maximum absolute atomic E-state index is 13.6. The number of nitrogens with one attached hydrogen (secondary N) is 3. The molecular weight excluding hydrogens is 585 g/mol. The van der Waals surface area contributed by atoms with Crippen LogP contribution in [-0.2, 0) is 7.05 Å². The Kier molecular flexibility index (Phi) is 8.52. The van der Waals surface area contributed by atoms with E-state index in [9.17, 15) is 9.59 Å². The van der Waals surface area contributed by atoms with Crippen molar-refractivity contribution in [3.63, 3.8) is 0 Å². The second-order valence-electron chi connectivity index (χ2n) is 9.86. The lowest BCUT2D eigenvalue weighted by Gasteiger charge is -2.23. The van der Waals surface area contributed by atoms with Gasteiger partial charge in [-0.05, 0) is 44.0 Å². The quantitative estimate of drug-likeness (QED) is 0.191. The molecule has 4 aromatic rings. The van der Waals surface area contributed by atoms with Gasteiger partial charge >= 0.3 is 0 Å². The van der Waals surface area contributed by atoms with Crippen LogP contribution >= 0.6 is 35.1 Å². The van der Waals surface area contributed by atoms with Gasteiger partial charge in [0.25, 0.3) is 11.5 Å². The molecule has 41 heavy (non-hydrogen) atoms. The van der Waals surface area contributed by atoms with Crippen LogP contribution in [0.3, 0.4) is 0 Å². The van der Waals surface area contributed by atoms with Crippen molar-refractivity contribution in [2.24, 2.45) is 7.05 Å². The first-order chi connectivity index (χ1) is 19.6. The Balaban J connectivity index is 1.47. The summed E-state index contributed by atoms with van der Waals surface area (Å²) < 4.78 is 4.29. The summed E-state index contributed by atoms with van der Waals surface area (Å²) in [7, 11) is 1.74. The minimum atomic E-state index is -0.362. The van der Waals surface area contributed by atoms with Crippen LogP contribution < -0.4 is 25.8 Å². The van der Waals surface area contributed by atoms with Crippen molar-refractivity contribution >= 4 is 69.5 Å². The lowest BCUT2D eigenvalue weighted by Crippen LogP contribution is -2.32. The van der Waals surface area contributed by atoms with Gasteiger partial charge in [-0.2, -0.15) is 0 Å². The number of fused-ring (bicyclic) bond motifs is 1. The maximum Gasteiger partial charge on any atom is 0.281 e. The molecule has 11 nitrogen and oxygen atoms in total. The Bertz CT molecular complexity index is 1670. The molecule has 0 aliphatic carbocycles. The zero-order valence-corrected chi connectivity index (χ0v) is 25.2. The first-order valence-corrected chi connectivity index (χ1v) is 14.9. The molecule has 1 saturated heterocycles. The summed E-state index contributed by atoms with van der Waals surface area (Å²) in [5, 5.41) is 7.93. The van der Waals surface area contributed by atoms with Crippen molar-refractivity contribution in [2.75, 3.05) is 34.9 Å². The molecule has 0 radical (unpaired) electrons. The summed E-state index contributed by atoms with van der Waals surface area (Å²) in [6.45, 7) is 5.23. The Labute approximate surface area is 251 Å². The molecule has 0 spiro atoms. The molecule has 0 bridgehead atoms. The first kappa shape index (κ1) is 28.9. The van der Waals surface area contributed by atoms with Gasteiger partial charge in [-0.3, -0.25) is 18.9 Å². The fraction of sp³-hybridized carbons (Fsp3) is 0.333. The molecule has 3 N–H and O–H groups in total. The zero-order chi connectivity index (χ0) is 29.3. The Morgan fingerprint density at radius 2 is 1.93 bits per heavy atom. The fourth-order valence-electron chi connectivity index (χ4n) is 4.96. The van der Waals surface area contributed by atoms with E-state index in [4.69, 9.17) is 28.2 Å². The van der Waals surface area contributed by atoms with E-state index in [0.29, 0.717) is 46.6 Å². The van der Waals surface area contributed by atoms with E-state index in [1.807, 2.05) is 26.0 Å². The van der Waals surface area contributed by atoms with Crippen LogP contribution in [0, 0.1) is 6.92 Å². The predicted octanol–water partition coefficient (Wildman–Crippen LogP) is 4.61. The molecule has 214 valence electrons. The summed E-state index contributed by atoms with van der Waals surface area (Å²) in [4.78, 5) is 46.1. The molecule has 14 heteroatoms. The van der Waals surface area contributed by atoms with Crippen LogP contribution in [0.15, 0.2) is 41.5 Å². The number of nitrogens with zero attached hydrogens (tertiary/aromatic N) is 6. The van der Waals surface area contributed by atoms with Crippen molar-refractivity contribution in [1.82, 2.24) is 29.2 Å². The fourth-order valence-corrected chi connectivity index (χ4v) is 5.49. The van der Waals surface area contributed by atoms with Crippen molar-refractivity contribution in [3.8, 4) is 0 Å². The molecule has 5 rings (SSSR count). The Hall–Kier alpha value is -3.61. The number of pyridine rings is 1. The number of rotatable bonds is 8. The SMILES string of the molecule is CSNC(=O)c1nc(Cl)ccc1NC(C)c1cc(C)cc2c(=O)n(C)c(N3CCC(Nc4ncc(Cl)cn4)C3)nc12. The molecular formula is C27H29Cl2N9O2S. The largest absolute Gasteiger partial charge is 0.377 e. The number of carbonyl (C=O) groups is 1. The highest BCUT2D eigenvalue weighted by atomic mass is 35.5. The standard InChI is InChI=1S/C27H29Cl2N9O2S/c1-14-9-18(15(2)32-20-5-6-21(29)34-23(20)24(39)36-41-4)22-19(10-14)25(40)37(3)27(35-22)38-8-7-17(13-38)33-26-30-11-16(28)12-31-26/h5-6,9-12,15,17,32H,7-8,13H2,1-4H3,(H,36,39)(H,30,31,33). The van der Waals surface area contributed by atoms with E-state index in [1.54, 1.807) is 42.4 Å². The molecule has 0 saturated carbocycles. The first-order valence-electron chi connectivity index (χ1n) is 12.9. The van der Waals surface area contributed by atoms with Crippen LogP contribution in [0.2, 0.25) is 10.2 Å². The number of carbonyl (C=O) groups excluding carboxylic acids is 1. The lowest BCUT2D eigenvalue weighted by molar-refractivity contribution is 0.0980. The van der Waals surface area contributed by atoms with Crippen LogP contribution in [0.4, 0.5) is 17.6 Å². The number of benzene rings is 1. The van der Waals surface area contributed by atoms with E-state index >= 15 is 0 Å². The minimum absolute atomic E-state index is 0.0742. The smallest absolute Gasteiger partial charge is 0.281 e.